The van der Waals surface area contributed by atoms with Crippen LogP contribution in [0.25, 0.3) is 0 Å². The Morgan fingerprint density at radius 2 is 2.12 bits per heavy atom. The standard InChI is InChI=1S/C14H20OSi/c1-5-7-11-16(3,4)15-14-10-8-9-13(6-2)12-14/h2,8-10,12H,5,7,11H2,1,3-4H3. The van der Waals surface area contributed by atoms with E-state index in [1.807, 2.05) is 24.3 Å². The molecule has 0 aliphatic carbocycles. The Kier molecular flexibility index (Phi) is 4.64. The van der Waals surface area contributed by atoms with Gasteiger partial charge < -0.3 is 4.43 Å². The van der Waals surface area contributed by atoms with Crippen LogP contribution in [0.1, 0.15) is 25.3 Å². The molecule has 0 aromatic heterocycles. The van der Waals surface area contributed by atoms with E-state index in [1.165, 1.54) is 18.9 Å². The third-order valence-corrected chi connectivity index (χ3v) is 4.87. The van der Waals surface area contributed by atoms with Gasteiger partial charge >= 0.3 is 0 Å². The molecule has 0 unspecified atom stereocenters. The highest BCUT2D eigenvalue weighted by atomic mass is 28.4. The van der Waals surface area contributed by atoms with Gasteiger partial charge in [-0.2, -0.15) is 0 Å². The lowest BCUT2D eigenvalue weighted by molar-refractivity contribution is 0.542. The molecule has 0 aliphatic rings. The number of hydrogen-bond donors (Lipinski definition) is 0. The molecule has 0 N–H and O–H groups in total. The van der Waals surface area contributed by atoms with E-state index in [2.05, 4.69) is 25.9 Å². The van der Waals surface area contributed by atoms with Crippen LogP contribution in [0.15, 0.2) is 24.3 Å². The van der Waals surface area contributed by atoms with Crippen LogP contribution < -0.4 is 4.43 Å². The summed E-state index contributed by atoms with van der Waals surface area (Å²) in [7, 11) is -1.57. The van der Waals surface area contributed by atoms with Gasteiger partial charge in [-0.15, -0.1) is 6.42 Å². The second kappa shape index (κ2) is 5.76. The second-order valence-corrected chi connectivity index (χ2v) is 8.86. The van der Waals surface area contributed by atoms with Gasteiger partial charge in [0.1, 0.15) is 5.75 Å². The van der Waals surface area contributed by atoms with Crippen molar-refractivity contribution in [2.45, 2.75) is 38.9 Å². The summed E-state index contributed by atoms with van der Waals surface area (Å²) in [6.07, 6.45) is 7.84. The molecule has 1 aromatic carbocycles. The van der Waals surface area contributed by atoms with Crippen molar-refractivity contribution < 1.29 is 4.43 Å². The Labute approximate surface area is 100.0 Å². The molecule has 0 saturated carbocycles. The van der Waals surface area contributed by atoms with Crippen LogP contribution in [0.5, 0.6) is 5.75 Å². The van der Waals surface area contributed by atoms with E-state index in [9.17, 15) is 0 Å². The van der Waals surface area contributed by atoms with Crippen LogP contribution in [0.3, 0.4) is 0 Å². The van der Waals surface area contributed by atoms with E-state index in [0.717, 1.165) is 11.3 Å². The lowest BCUT2D eigenvalue weighted by Crippen LogP contribution is -2.33. The van der Waals surface area contributed by atoms with E-state index in [0.29, 0.717) is 0 Å². The maximum atomic E-state index is 6.09. The minimum absolute atomic E-state index is 0.887. The lowest BCUT2D eigenvalue weighted by Gasteiger charge is -2.24. The quantitative estimate of drug-likeness (QED) is 0.549. The molecule has 1 rings (SSSR count). The third-order valence-electron chi connectivity index (χ3n) is 2.53. The highest BCUT2D eigenvalue weighted by molar-refractivity contribution is 6.71. The Balaban J connectivity index is 2.68. The van der Waals surface area contributed by atoms with Crippen molar-refractivity contribution in [3.05, 3.63) is 29.8 Å². The van der Waals surface area contributed by atoms with Crippen molar-refractivity contribution in [3.63, 3.8) is 0 Å². The van der Waals surface area contributed by atoms with Crippen molar-refractivity contribution in [2.24, 2.45) is 0 Å². The fraction of sp³-hybridized carbons (Fsp3) is 0.429. The summed E-state index contributed by atoms with van der Waals surface area (Å²) in [6, 6.07) is 9.01. The van der Waals surface area contributed by atoms with Crippen LogP contribution >= 0.6 is 0 Å². The molecule has 0 aliphatic heterocycles. The molecule has 0 spiro atoms. The van der Waals surface area contributed by atoms with Gasteiger partial charge in [-0.3, -0.25) is 0 Å². The zero-order valence-corrected chi connectivity index (χ0v) is 11.4. The highest BCUT2D eigenvalue weighted by Gasteiger charge is 2.23. The summed E-state index contributed by atoms with van der Waals surface area (Å²) >= 11 is 0. The molecule has 1 aromatic rings. The van der Waals surface area contributed by atoms with Crippen molar-refractivity contribution >= 4 is 8.32 Å². The summed E-state index contributed by atoms with van der Waals surface area (Å²) in [4.78, 5) is 0. The zero-order chi connectivity index (χ0) is 12.0. The average molecular weight is 232 g/mol. The molecule has 86 valence electrons. The van der Waals surface area contributed by atoms with E-state index < -0.39 is 8.32 Å². The Bertz CT molecular complexity index is 377. The normalized spacial score (nSPS) is 10.9. The predicted molar refractivity (Wildman–Crippen MR) is 72.2 cm³/mol. The molecule has 0 atom stereocenters. The SMILES string of the molecule is C#Cc1cccc(O[Si](C)(C)CCCC)c1. The molecule has 0 bridgehead atoms. The summed E-state index contributed by atoms with van der Waals surface area (Å²) in [5, 5.41) is 0. The second-order valence-electron chi connectivity index (χ2n) is 4.64. The molecule has 0 heterocycles. The smallest absolute Gasteiger partial charge is 0.245 e. The van der Waals surface area contributed by atoms with Crippen LogP contribution in [-0.2, 0) is 0 Å². The van der Waals surface area contributed by atoms with E-state index in [-0.39, 0.29) is 0 Å². The molecule has 0 fully saturated rings. The summed E-state index contributed by atoms with van der Waals surface area (Å²) in [6.45, 7) is 6.72. The molecule has 0 amide bonds. The van der Waals surface area contributed by atoms with Gasteiger partial charge in [0.25, 0.3) is 0 Å². The molecular formula is C14H20OSi. The Hall–Kier alpha value is -1.20. The van der Waals surface area contributed by atoms with Gasteiger partial charge in [0.15, 0.2) is 0 Å². The predicted octanol–water partition coefficient (Wildman–Crippen LogP) is 4.05. The largest absolute Gasteiger partial charge is 0.544 e. The zero-order valence-electron chi connectivity index (χ0n) is 10.4. The maximum absolute atomic E-state index is 6.09. The van der Waals surface area contributed by atoms with E-state index in [1.54, 1.807) is 0 Å². The Morgan fingerprint density at radius 1 is 1.38 bits per heavy atom. The monoisotopic (exact) mass is 232 g/mol. The minimum atomic E-state index is -1.57. The number of benzene rings is 1. The van der Waals surface area contributed by atoms with Crippen molar-refractivity contribution in [3.8, 4) is 18.1 Å². The maximum Gasteiger partial charge on any atom is 0.245 e. The summed E-state index contributed by atoms with van der Waals surface area (Å²) < 4.78 is 6.09. The van der Waals surface area contributed by atoms with Gasteiger partial charge in [0.05, 0.1) is 0 Å². The molecular weight excluding hydrogens is 212 g/mol. The van der Waals surface area contributed by atoms with Crippen LogP contribution in [0, 0.1) is 12.3 Å². The van der Waals surface area contributed by atoms with Crippen LogP contribution in [0.4, 0.5) is 0 Å². The highest BCUT2D eigenvalue weighted by Crippen LogP contribution is 2.21. The van der Waals surface area contributed by atoms with Crippen molar-refractivity contribution in [1.82, 2.24) is 0 Å². The number of rotatable bonds is 5. The van der Waals surface area contributed by atoms with Crippen molar-refractivity contribution in [2.75, 3.05) is 0 Å². The lowest BCUT2D eigenvalue weighted by atomic mass is 10.2. The number of unbranched alkanes of at least 4 members (excludes halogenated alkanes) is 1. The summed E-state index contributed by atoms with van der Waals surface area (Å²) in [5.41, 5.74) is 0.887. The average Bonchev–Trinajstić information content (AvgIpc) is 2.26. The topological polar surface area (TPSA) is 9.23 Å². The van der Waals surface area contributed by atoms with Crippen molar-refractivity contribution in [1.29, 1.82) is 0 Å². The first kappa shape index (κ1) is 12.9. The number of terminal acetylenes is 1. The van der Waals surface area contributed by atoms with Crippen LogP contribution in [0.2, 0.25) is 19.1 Å². The Morgan fingerprint density at radius 3 is 2.75 bits per heavy atom. The third kappa shape index (κ3) is 4.12. The first-order chi connectivity index (χ1) is 7.57. The first-order valence-corrected chi connectivity index (χ1v) is 8.94. The first-order valence-electron chi connectivity index (χ1n) is 5.83. The van der Waals surface area contributed by atoms with Gasteiger partial charge in [0, 0.05) is 5.56 Å². The van der Waals surface area contributed by atoms with E-state index >= 15 is 0 Å². The molecule has 0 saturated heterocycles. The van der Waals surface area contributed by atoms with Crippen LogP contribution in [-0.4, -0.2) is 8.32 Å². The molecule has 16 heavy (non-hydrogen) atoms. The van der Waals surface area contributed by atoms with E-state index in [4.69, 9.17) is 10.8 Å². The van der Waals surface area contributed by atoms with Gasteiger partial charge in [-0.25, -0.2) is 0 Å². The fourth-order valence-corrected chi connectivity index (χ4v) is 3.69. The fourth-order valence-electron chi connectivity index (χ4n) is 1.62. The number of hydrogen-bond acceptors (Lipinski definition) is 1. The van der Waals surface area contributed by atoms with Gasteiger partial charge in [0.2, 0.25) is 8.32 Å². The van der Waals surface area contributed by atoms with Gasteiger partial charge in [-0.05, 0) is 37.3 Å². The van der Waals surface area contributed by atoms with Gasteiger partial charge in [-0.1, -0.05) is 31.8 Å². The summed E-state index contributed by atoms with van der Waals surface area (Å²) in [5.74, 6) is 3.55. The molecule has 2 heteroatoms. The molecule has 0 radical (unpaired) electrons. The molecule has 1 nitrogen and oxygen atoms in total. The minimum Gasteiger partial charge on any atom is -0.544 e.